The van der Waals surface area contributed by atoms with Gasteiger partial charge in [-0.05, 0) is 6.07 Å². The van der Waals surface area contributed by atoms with Crippen molar-refractivity contribution in [3.05, 3.63) is 22.7 Å². The lowest BCUT2D eigenvalue weighted by molar-refractivity contribution is -0.143. The van der Waals surface area contributed by atoms with Crippen LogP contribution in [-0.4, -0.2) is 64.3 Å². The summed E-state index contributed by atoms with van der Waals surface area (Å²) >= 11 is 5.59. The third-order valence-electron chi connectivity index (χ3n) is 3.76. The smallest absolute Gasteiger partial charge is 0.383 e. The third kappa shape index (κ3) is 6.18. The molecule has 2 rings (SSSR count). The Hall–Kier alpha value is -0.840. The molecule has 1 aliphatic rings. The molecule has 0 saturated carbocycles. The summed E-state index contributed by atoms with van der Waals surface area (Å²) in [4.78, 5) is 50.6. The summed E-state index contributed by atoms with van der Waals surface area (Å²) in [6.45, 7) is -1.50. The van der Waals surface area contributed by atoms with Crippen molar-refractivity contribution < 1.29 is 65.0 Å². The summed E-state index contributed by atoms with van der Waals surface area (Å²) in [5.41, 5.74) is 1.27. The number of rotatable bonds is 9. The number of aromatic nitrogens is 2. The second kappa shape index (κ2) is 9.07. The number of nitrogen functional groups attached to an aromatic ring is 1. The van der Waals surface area contributed by atoms with Crippen molar-refractivity contribution in [3.63, 3.8) is 0 Å². The van der Waals surface area contributed by atoms with Gasteiger partial charge in [-0.2, -0.15) is 22.4 Å². The normalized spacial score (nSPS) is 29.4. The number of ether oxygens (including phenoxy) is 1. The van der Waals surface area contributed by atoms with E-state index in [1.165, 1.54) is 0 Å². The quantitative estimate of drug-likeness (QED) is 0.170. The minimum Gasteiger partial charge on any atom is -0.383 e. The summed E-state index contributed by atoms with van der Waals surface area (Å²) in [5, 5.41) is 10.1. The average molecular weight is 552 g/mol. The van der Waals surface area contributed by atoms with Gasteiger partial charge in [-0.25, -0.2) is 18.5 Å². The maximum absolute atomic E-state index is 14.7. The van der Waals surface area contributed by atoms with Crippen molar-refractivity contribution in [3.8, 4) is 0 Å². The van der Waals surface area contributed by atoms with Gasteiger partial charge in [0.05, 0.1) is 12.5 Å². The van der Waals surface area contributed by atoms with Crippen molar-refractivity contribution in [2.75, 3.05) is 18.2 Å². The van der Waals surface area contributed by atoms with E-state index in [1.807, 2.05) is 0 Å². The van der Waals surface area contributed by atoms with Crippen LogP contribution in [-0.2, 0) is 31.6 Å². The van der Waals surface area contributed by atoms with Crippen LogP contribution < -0.4 is 11.4 Å². The van der Waals surface area contributed by atoms with Gasteiger partial charge in [-0.1, -0.05) is 0 Å². The molecule has 0 bridgehead atoms. The highest BCUT2D eigenvalue weighted by Crippen LogP contribution is 2.66. The molecule has 1 aliphatic heterocycles. The number of aliphatic hydroxyl groups is 1. The van der Waals surface area contributed by atoms with E-state index in [2.05, 4.69) is 18.1 Å². The molecule has 2 heterocycles. The Labute approximate surface area is 180 Å². The van der Waals surface area contributed by atoms with Crippen LogP contribution in [0.1, 0.15) is 6.23 Å². The maximum Gasteiger partial charge on any atom is 0.490 e. The first-order valence-corrected chi connectivity index (χ1v) is 12.8. The Morgan fingerprint density at radius 1 is 1.22 bits per heavy atom. The zero-order valence-electron chi connectivity index (χ0n) is 15.2. The van der Waals surface area contributed by atoms with Crippen molar-refractivity contribution in [1.82, 2.24) is 9.55 Å². The Bertz CT molecular complexity index is 1070. The van der Waals surface area contributed by atoms with Gasteiger partial charge in [-0.15, -0.1) is 11.6 Å². The zero-order valence-corrected chi connectivity index (χ0v) is 18.6. The highest BCUT2D eigenvalue weighted by molar-refractivity contribution is 7.66. The molecule has 0 aliphatic carbocycles. The molecule has 5 unspecified atom stereocenters. The number of nitrogens with two attached hydrogens (primary N) is 1. The van der Waals surface area contributed by atoms with Crippen molar-refractivity contribution in [2.24, 2.45) is 0 Å². The fourth-order valence-corrected chi connectivity index (χ4v) is 5.81. The minimum absolute atomic E-state index is 0.249. The number of phosphoric acid groups is 3. The first-order chi connectivity index (χ1) is 14.3. The van der Waals surface area contributed by atoms with E-state index in [1.54, 1.807) is 0 Å². The van der Waals surface area contributed by atoms with Crippen LogP contribution in [0.25, 0.3) is 0 Å². The Morgan fingerprint density at radius 2 is 1.81 bits per heavy atom. The summed E-state index contributed by atoms with van der Waals surface area (Å²) < 4.78 is 79.5. The number of phosphoric ester groups is 1. The molecular weight excluding hydrogens is 536 g/mol. The minimum atomic E-state index is -5.89. The Kier molecular flexibility index (Phi) is 7.77. The van der Waals surface area contributed by atoms with Gasteiger partial charge in [-0.3, -0.25) is 9.09 Å². The summed E-state index contributed by atoms with van der Waals surface area (Å²) in [6, 6.07) is 0.958. The lowest BCUT2D eigenvalue weighted by atomic mass is 9.97. The molecule has 1 saturated heterocycles. The van der Waals surface area contributed by atoms with E-state index in [9.17, 15) is 37.3 Å². The van der Waals surface area contributed by atoms with Crippen LogP contribution in [0.15, 0.2) is 17.1 Å². The van der Waals surface area contributed by atoms with Gasteiger partial charge >= 0.3 is 35.1 Å². The fourth-order valence-electron chi connectivity index (χ4n) is 2.45. The predicted molar refractivity (Wildman–Crippen MR) is 97.3 cm³/mol. The summed E-state index contributed by atoms with van der Waals surface area (Å²) in [7, 11) is -17.3. The second-order valence-electron chi connectivity index (χ2n) is 6.15. The topological polar surface area (TPSA) is 250 Å². The number of nitrogens with zero attached hydrogens (tertiary/aromatic N) is 2. The van der Waals surface area contributed by atoms with E-state index in [4.69, 9.17) is 36.8 Å². The molecule has 184 valence electrons. The molecule has 1 aromatic rings. The number of aliphatic hydroxyl groups excluding tert-OH is 1. The van der Waals surface area contributed by atoms with Gasteiger partial charge in [0.1, 0.15) is 11.4 Å². The molecule has 5 atom stereocenters. The van der Waals surface area contributed by atoms with Crippen molar-refractivity contribution in [2.45, 2.75) is 23.9 Å². The standard InChI is InChI=1S/C10H15ClF2N3O13P3/c11-3-9(4-26-31(22,23)29-32(24,25)28-30(19,20)21)6(17)10(12,13)7(27-9)16-2-1-5(14)15-8(16)18/h1-2,6-7,17H,3-4H2,(H,22,23)(H,24,25)(H2,14,15,18)(H2,19,20,21). The molecule has 1 fully saturated rings. The Morgan fingerprint density at radius 3 is 2.31 bits per heavy atom. The van der Waals surface area contributed by atoms with Crippen molar-refractivity contribution >= 4 is 40.9 Å². The van der Waals surface area contributed by atoms with Gasteiger partial charge in [0.15, 0.2) is 6.10 Å². The predicted octanol–water partition coefficient (Wildman–Crippen LogP) is -0.329. The molecule has 0 aromatic carbocycles. The van der Waals surface area contributed by atoms with E-state index >= 15 is 0 Å². The SMILES string of the molecule is Nc1ccn(C2OC(CCl)(COP(=O)(O)OP(=O)(O)OP(=O)(O)O)C(O)C2(F)F)c(=O)n1. The molecule has 0 spiro atoms. The highest BCUT2D eigenvalue weighted by Gasteiger charge is 2.67. The molecule has 7 N–H and O–H groups in total. The molecule has 22 heteroatoms. The van der Waals surface area contributed by atoms with Crippen LogP contribution in [0.2, 0.25) is 0 Å². The van der Waals surface area contributed by atoms with Crippen LogP contribution in [0.4, 0.5) is 14.6 Å². The third-order valence-corrected chi connectivity index (χ3v) is 7.99. The van der Waals surface area contributed by atoms with Crippen LogP contribution in [0.5, 0.6) is 0 Å². The van der Waals surface area contributed by atoms with Crippen molar-refractivity contribution in [1.29, 1.82) is 0 Å². The fraction of sp³-hybridized carbons (Fsp3) is 0.600. The summed E-state index contributed by atoms with van der Waals surface area (Å²) in [6.07, 6.45) is -4.64. The Balaban J connectivity index is 2.27. The van der Waals surface area contributed by atoms with Gasteiger partial charge < -0.3 is 35.2 Å². The average Bonchev–Trinajstić information content (AvgIpc) is 2.78. The lowest BCUT2D eigenvalue weighted by Gasteiger charge is -2.29. The highest BCUT2D eigenvalue weighted by atomic mass is 35.5. The van der Waals surface area contributed by atoms with Gasteiger partial charge in [0.2, 0.25) is 6.23 Å². The van der Waals surface area contributed by atoms with Crippen LogP contribution in [0, 0.1) is 0 Å². The molecular formula is C10H15ClF2N3O13P3. The number of anilines is 1. The van der Waals surface area contributed by atoms with E-state index in [-0.39, 0.29) is 10.4 Å². The maximum atomic E-state index is 14.7. The largest absolute Gasteiger partial charge is 0.490 e. The zero-order chi connectivity index (χ0) is 24.8. The number of alkyl halides is 3. The number of halogens is 3. The van der Waals surface area contributed by atoms with Gasteiger partial charge in [0, 0.05) is 6.20 Å². The molecule has 0 amide bonds. The van der Waals surface area contributed by atoms with E-state index in [0.29, 0.717) is 0 Å². The first-order valence-electron chi connectivity index (χ1n) is 7.77. The number of hydrogen-bond acceptors (Lipinski definition) is 11. The van der Waals surface area contributed by atoms with Gasteiger partial charge in [0.25, 0.3) is 0 Å². The summed E-state index contributed by atoms with van der Waals surface area (Å²) in [5.74, 6) is -5.60. The molecule has 1 aromatic heterocycles. The van der Waals surface area contributed by atoms with E-state index < -0.39 is 65.5 Å². The van der Waals surface area contributed by atoms with E-state index in [0.717, 1.165) is 12.3 Å². The molecule has 16 nitrogen and oxygen atoms in total. The van der Waals surface area contributed by atoms with Crippen LogP contribution >= 0.6 is 35.1 Å². The molecule has 32 heavy (non-hydrogen) atoms. The molecule has 0 radical (unpaired) electrons. The van der Waals surface area contributed by atoms with Crippen LogP contribution in [0.3, 0.4) is 0 Å². The number of hydrogen-bond donors (Lipinski definition) is 6. The lowest BCUT2D eigenvalue weighted by Crippen LogP contribution is -2.50. The first kappa shape index (κ1) is 27.4. The monoisotopic (exact) mass is 551 g/mol. The second-order valence-corrected chi connectivity index (χ2v) is 10.8.